The molecule has 3 aromatic rings. The molecular weight excluding hydrogens is 271 g/mol. The highest BCUT2D eigenvalue weighted by atomic mass is 32.1. The van der Waals surface area contributed by atoms with Crippen molar-refractivity contribution in [2.75, 3.05) is 0 Å². The maximum absolute atomic E-state index is 12.9. The van der Waals surface area contributed by atoms with E-state index in [4.69, 9.17) is 5.26 Å². The average Bonchev–Trinajstić information content (AvgIpc) is 2.98. The summed E-state index contributed by atoms with van der Waals surface area (Å²) < 4.78 is 12.9. The minimum absolute atomic E-state index is 0.252. The second kappa shape index (κ2) is 5.24. The van der Waals surface area contributed by atoms with Crippen molar-refractivity contribution in [3.8, 4) is 27.9 Å². The van der Waals surface area contributed by atoms with Crippen LogP contribution in [0.3, 0.4) is 0 Å². The average molecular weight is 280 g/mol. The summed E-state index contributed by atoms with van der Waals surface area (Å²) in [5, 5.41) is 11.6. The number of halogens is 1. The van der Waals surface area contributed by atoms with Crippen LogP contribution in [0.25, 0.3) is 21.8 Å². The van der Waals surface area contributed by atoms with Crippen LogP contribution in [0.2, 0.25) is 0 Å². The molecule has 0 aliphatic rings. The molecule has 0 saturated carbocycles. The molecule has 0 aliphatic heterocycles. The molecule has 0 amide bonds. The first-order valence-electron chi connectivity index (χ1n) is 5.98. The van der Waals surface area contributed by atoms with Gasteiger partial charge in [0.25, 0.3) is 0 Å². The number of nitriles is 1. The Hall–Kier alpha value is -2.51. The Morgan fingerprint density at radius 2 is 1.60 bits per heavy atom. The van der Waals surface area contributed by atoms with E-state index in [9.17, 15) is 4.39 Å². The molecule has 2 nitrogen and oxygen atoms in total. The van der Waals surface area contributed by atoms with Crippen molar-refractivity contribution in [1.82, 2.24) is 4.98 Å². The van der Waals surface area contributed by atoms with Crippen LogP contribution in [-0.4, -0.2) is 4.98 Å². The number of hydrogen-bond acceptors (Lipinski definition) is 3. The molecule has 4 heteroatoms. The molecule has 0 bridgehead atoms. The Labute approximate surface area is 119 Å². The van der Waals surface area contributed by atoms with Gasteiger partial charge in [-0.15, -0.1) is 11.3 Å². The van der Waals surface area contributed by atoms with Gasteiger partial charge in [-0.2, -0.15) is 5.26 Å². The Morgan fingerprint density at radius 1 is 0.950 bits per heavy atom. The smallest absolute Gasteiger partial charge is 0.124 e. The van der Waals surface area contributed by atoms with Crippen molar-refractivity contribution < 1.29 is 4.39 Å². The molecule has 0 radical (unpaired) electrons. The Morgan fingerprint density at radius 3 is 2.25 bits per heavy atom. The summed E-state index contributed by atoms with van der Waals surface area (Å²) in [6.45, 7) is 0. The van der Waals surface area contributed by atoms with Gasteiger partial charge < -0.3 is 0 Å². The van der Waals surface area contributed by atoms with Crippen molar-refractivity contribution in [2.45, 2.75) is 0 Å². The Balaban J connectivity index is 1.93. The highest BCUT2D eigenvalue weighted by molar-refractivity contribution is 7.13. The predicted molar refractivity (Wildman–Crippen MR) is 77.7 cm³/mol. The van der Waals surface area contributed by atoms with Gasteiger partial charge in [0.05, 0.1) is 17.3 Å². The van der Waals surface area contributed by atoms with Gasteiger partial charge >= 0.3 is 0 Å². The summed E-state index contributed by atoms with van der Waals surface area (Å²) in [6, 6.07) is 15.7. The van der Waals surface area contributed by atoms with Crippen molar-refractivity contribution in [3.05, 3.63) is 65.3 Å². The molecule has 0 fully saturated rings. The van der Waals surface area contributed by atoms with Crippen molar-refractivity contribution in [1.29, 1.82) is 5.26 Å². The maximum atomic E-state index is 12.9. The first-order chi connectivity index (χ1) is 9.76. The monoisotopic (exact) mass is 280 g/mol. The highest BCUT2D eigenvalue weighted by Crippen LogP contribution is 2.29. The molecule has 0 unspecified atom stereocenters. The Kier molecular flexibility index (Phi) is 3.28. The molecule has 20 heavy (non-hydrogen) atoms. The van der Waals surface area contributed by atoms with Gasteiger partial charge in [0.2, 0.25) is 0 Å². The molecule has 3 rings (SSSR count). The lowest BCUT2D eigenvalue weighted by Gasteiger charge is -1.97. The van der Waals surface area contributed by atoms with E-state index in [1.54, 1.807) is 24.3 Å². The number of nitrogens with zero attached hydrogens (tertiary/aromatic N) is 2. The summed E-state index contributed by atoms with van der Waals surface area (Å²) in [4.78, 5) is 4.55. The maximum Gasteiger partial charge on any atom is 0.124 e. The zero-order chi connectivity index (χ0) is 13.9. The molecule has 0 spiro atoms. The first kappa shape index (κ1) is 12.5. The quantitative estimate of drug-likeness (QED) is 0.693. The van der Waals surface area contributed by atoms with E-state index in [0.29, 0.717) is 5.56 Å². The van der Waals surface area contributed by atoms with Gasteiger partial charge in [-0.25, -0.2) is 9.37 Å². The van der Waals surface area contributed by atoms with Crippen LogP contribution >= 0.6 is 11.3 Å². The third kappa shape index (κ3) is 2.44. The summed E-state index contributed by atoms with van der Waals surface area (Å²) in [5.41, 5.74) is 3.35. The second-order valence-corrected chi connectivity index (χ2v) is 5.09. The molecule has 0 N–H and O–H groups in total. The number of hydrogen-bond donors (Lipinski definition) is 0. The van der Waals surface area contributed by atoms with Crippen molar-refractivity contribution in [2.24, 2.45) is 0 Å². The van der Waals surface area contributed by atoms with Crippen LogP contribution in [0.15, 0.2) is 53.9 Å². The third-order valence-electron chi connectivity index (χ3n) is 2.91. The van der Waals surface area contributed by atoms with Crippen LogP contribution in [0.4, 0.5) is 4.39 Å². The van der Waals surface area contributed by atoms with E-state index >= 15 is 0 Å². The molecular formula is C16H9FN2S. The summed E-state index contributed by atoms with van der Waals surface area (Å²) in [6.07, 6.45) is 0. The minimum Gasteiger partial charge on any atom is -0.236 e. The van der Waals surface area contributed by atoms with Crippen LogP contribution in [0.5, 0.6) is 0 Å². The minimum atomic E-state index is -0.252. The van der Waals surface area contributed by atoms with Gasteiger partial charge in [0, 0.05) is 16.5 Å². The zero-order valence-electron chi connectivity index (χ0n) is 10.4. The second-order valence-electron chi connectivity index (χ2n) is 4.23. The van der Waals surface area contributed by atoms with Gasteiger partial charge in [-0.3, -0.25) is 0 Å². The van der Waals surface area contributed by atoms with Gasteiger partial charge in [-0.05, 0) is 36.4 Å². The molecule has 0 aliphatic carbocycles. The lowest BCUT2D eigenvalue weighted by atomic mass is 10.1. The van der Waals surface area contributed by atoms with E-state index in [2.05, 4.69) is 11.1 Å². The normalized spacial score (nSPS) is 10.2. The summed E-state index contributed by atoms with van der Waals surface area (Å²) in [7, 11) is 0. The van der Waals surface area contributed by atoms with E-state index in [1.807, 2.05) is 17.5 Å². The fourth-order valence-electron chi connectivity index (χ4n) is 1.85. The number of thiazole rings is 1. The molecule has 0 atom stereocenters. The number of benzene rings is 2. The van der Waals surface area contributed by atoms with Crippen LogP contribution in [0.1, 0.15) is 5.56 Å². The molecule has 1 heterocycles. The summed E-state index contributed by atoms with van der Waals surface area (Å²) >= 11 is 1.51. The van der Waals surface area contributed by atoms with E-state index in [1.165, 1.54) is 23.5 Å². The van der Waals surface area contributed by atoms with E-state index in [-0.39, 0.29) is 5.82 Å². The zero-order valence-corrected chi connectivity index (χ0v) is 11.2. The van der Waals surface area contributed by atoms with Crippen molar-refractivity contribution in [3.63, 3.8) is 0 Å². The van der Waals surface area contributed by atoms with Gasteiger partial charge in [0.1, 0.15) is 10.8 Å². The SMILES string of the molecule is N#Cc1ccc(-c2csc(-c3ccc(F)cc3)n2)cc1. The first-order valence-corrected chi connectivity index (χ1v) is 6.86. The number of rotatable bonds is 2. The largest absolute Gasteiger partial charge is 0.236 e. The lowest BCUT2D eigenvalue weighted by molar-refractivity contribution is 0.628. The fraction of sp³-hybridized carbons (Fsp3) is 0. The molecule has 0 saturated heterocycles. The highest BCUT2D eigenvalue weighted by Gasteiger charge is 2.06. The third-order valence-corrected chi connectivity index (χ3v) is 3.80. The standard InChI is InChI=1S/C16H9FN2S/c17-14-7-5-13(6-8-14)16-19-15(10-20-16)12-3-1-11(9-18)2-4-12/h1-8,10H. The molecule has 2 aromatic carbocycles. The summed E-state index contributed by atoms with van der Waals surface area (Å²) in [5.74, 6) is -0.252. The topological polar surface area (TPSA) is 36.7 Å². The Bertz CT molecular complexity index is 767. The number of aromatic nitrogens is 1. The van der Waals surface area contributed by atoms with Crippen LogP contribution in [0, 0.1) is 17.1 Å². The van der Waals surface area contributed by atoms with Gasteiger partial charge in [0.15, 0.2) is 0 Å². The van der Waals surface area contributed by atoms with Crippen LogP contribution < -0.4 is 0 Å². The van der Waals surface area contributed by atoms with Crippen molar-refractivity contribution >= 4 is 11.3 Å². The van der Waals surface area contributed by atoms with Gasteiger partial charge in [-0.1, -0.05) is 12.1 Å². The molecule has 1 aromatic heterocycles. The lowest BCUT2D eigenvalue weighted by Crippen LogP contribution is -1.81. The molecule has 96 valence electrons. The van der Waals surface area contributed by atoms with E-state index in [0.717, 1.165) is 21.8 Å². The van der Waals surface area contributed by atoms with E-state index < -0.39 is 0 Å². The fourth-order valence-corrected chi connectivity index (χ4v) is 2.68. The predicted octanol–water partition coefficient (Wildman–Crippen LogP) is 4.49. The van der Waals surface area contributed by atoms with Crippen LogP contribution in [-0.2, 0) is 0 Å².